The van der Waals surface area contributed by atoms with Crippen LogP contribution in [0.1, 0.15) is 50.4 Å². The fourth-order valence-corrected chi connectivity index (χ4v) is 2.68. The van der Waals surface area contributed by atoms with Gasteiger partial charge in [-0.3, -0.25) is 0 Å². The Morgan fingerprint density at radius 1 is 1.34 bits per heavy atom. The van der Waals surface area contributed by atoms with Crippen LogP contribution in [0.4, 0.5) is 13.2 Å². The topological polar surface area (TPSA) is 100 Å². The molecule has 0 spiro atoms. The molecule has 0 aliphatic carbocycles. The van der Waals surface area contributed by atoms with Crippen molar-refractivity contribution in [3.63, 3.8) is 0 Å². The van der Waals surface area contributed by atoms with Gasteiger partial charge in [-0.1, -0.05) is 19.0 Å². The molecule has 0 aliphatic rings. The van der Waals surface area contributed by atoms with Crippen LogP contribution >= 0.6 is 0 Å². The number of hydrogen-bond donors (Lipinski definition) is 3. The quantitative estimate of drug-likeness (QED) is 0.451. The minimum Gasteiger partial charge on any atom is -0.374 e. The number of nitrogens with one attached hydrogen (secondary N) is 2. The van der Waals surface area contributed by atoms with Crippen LogP contribution in [0, 0.1) is 0 Å². The molecule has 1 unspecified atom stereocenters. The number of guanidine groups is 1. The van der Waals surface area contributed by atoms with Crippen molar-refractivity contribution in [3.05, 3.63) is 35.7 Å². The third-order valence-electron chi connectivity index (χ3n) is 4.35. The predicted octanol–water partition coefficient (Wildman–Crippen LogP) is 2.43. The van der Waals surface area contributed by atoms with Crippen molar-refractivity contribution in [2.75, 3.05) is 13.1 Å². The van der Waals surface area contributed by atoms with Crippen LogP contribution in [0.15, 0.2) is 28.0 Å². The van der Waals surface area contributed by atoms with E-state index in [1.165, 1.54) is 19.4 Å². The largest absolute Gasteiger partial charge is 0.424 e. The molecule has 29 heavy (non-hydrogen) atoms. The van der Waals surface area contributed by atoms with Crippen molar-refractivity contribution in [1.82, 2.24) is 25.3 Å². The Balaban J connectivity index is 2.05. The minimum absolute atomic E-state index is 0.178. The second-order valence-electron chi connectivity index (χ2n) is 6.96. The van der Waals surface area contributed by atoms with Gasteiger partial charge in [0.15, 0.2) is 11.7 Å². The summed E-state index contributed by atoms with van der Waals surface area (Å²) in [7, 11) is 1.40. The van der Waals surface area contributed by atoms with E-state index in [4.69, 9.17) is 4.52 Å². The lowest BCUT2D eigenvalue weighted by atomic mass is 9.97. The molecule has 0 amide bonds. The summed E-state index contributed by atoms with van der Waals surface area (Å²) >= 11 is 0. The average Bonchev–Trinajstić information content (AvgIpc) is 3.27. The molecule has 1 atom stereocenters. The Kier molecular flexibility index (Phi) is 7.28. The molecule has 162 valence electrons. The third kappa shape index (κ3) is 5.49. The zero-order chi connectivity index (χ0) is 21.7. The normalized spacial score (nSPS) is 14.9. The van der Waals surface area contributed by atoms with Gasteiger partial charge in [0, 0.05) is 45.0 Å². The number of imidazole rings is 1. The molecule has 3 N–H and O–H groups in total. The molecule has 0 radical (unpaired) electrons. The van der Waals surface area contributed by atoms with Gasteiger partial charge in [-0.15, -0.1) is 0 Å². The van der Waals surface area contributed by atoms with E-state index < -0.39 is 24.0 Å². The minimum atomic E-state index is -4.88. The summed E-state index contributed by atoms with van der Waals surface area (Å²) in [5, 5.41) is 20.1. The first kappa shape index (κ1) is 22.7. The highest BCUT2D eigenvalue weighted by Gasteiger charge is 2.57. The molecular formula is C18H27F3N6O2. The van der Waals surface area contributed by atoms with E-state index in [-0.39, 0.29) is 19.0 Å². The Labute approximate surface area is 167 Å². The predicted molar refractivity (Wildman–Crippen MR) is 101 cm³/mol. The van der Waals surface area contributed by atoms with Gasteiger partial charge < -0.3 is 24.8 Å². The molecule has 0 bridgehead atoms. The van der Waals surface area contributed by atoms with Crippen molar-refractivity contribution in [2.24, 2.45) is 12.0 Å². The summed E-state index contributed by atoms with van der Waals surface area (Å²) in [5.74, 6) is 0.607. The zero-order valence-electron chi connectivity index (χ0n) is 16.9. The maximum absolute atomic E-state index is 13.6. The summed E-state index contributed by atoms with van der Waals surface area (Å²) < 4.78 is 47.0. The molecule has 0 aliphatic heterocycles. The monoisotopic (exact) mass is 416 g/mol. The Morgan fingerprint density at radius 3 is 2.59 bits per heavy atom. The number of aliphatic hydroxyl groups is 1. The fraction of sp³-hybridized carbons (Fsp3) is 0.611. The first-order chi connectivity index (χ1) is 13.6. The van der Waals surface area contributed by atoms with E-state index >= 15 is 0 Å². The lowest BCUT2D eigenvalue weighted by Crippen LogP contribution is -2.47. The number of aliphatic imine (C=N–C) groups is 1. The second kappa shape index (κ2) is 9.29. The second-order valence-corrected chi connectivity index (χ2v) is 6.96. The molecule has 2 aromatic rings. The highest BCUT2D eigenvalue weighted by molar-refractivity contribution is 5.79. The molecular weight excluding hydrogens is 389 g/mol. The van der Waals surface area contributed by atoms with Crippen LogP contribution in [0.25, 0.3) is 0 Å². The smallest absolute Gasteiger partial charge is 0.374 e. The molecule has 2 aromatic heterocycles. The molecule has 0 saturated carbocycles. The van der Waals surface area contributed by atoms with E-state index in [9.17, 15) is 18.3 Å². The molecule has 0 aromatic carbocycles. The van der Waals surface area contributed by atoms with E-state index in [0.29, 0.717) is 18.3 Å². The van der Waals surface area contributed by atoms with Gasteiger partial charge >= 0.3 is 6.18 Å². The lowest BCUT2D eigenvalue weighted by Gasteiger charge is -2.30. The highest BCUT2D eigenvalue weighted by Crippen LogP contribution is 2.40. The third-order valence-corrected chi connectivity index (χ3v) is 4.35. The van der Waals surface area contributed by atoms with Crippen LogP contribution in [-0.4, -0.2) is 45.0 Å². The van der Waals surface area contributed by atoms with Gasteiger partial charge in [0.1, 0.15) is 12.4 Å². The van der Waals surface area contributed by atoms with Gasteiger partial charge in [0.25, 0.3) is 0 Å². The van der Waals surface area contributed by atoms with E-state index in [1.807, 2.05) is 20.8 Å². The van der Waals surface area contributed by atoms with Crippen LogP contribution in [0.3, 0.4) is 0 Å². The van der Waals surface area contributed by atoms with Crippen molar-refractivity contribution >= 4 is 5.96 Å². The summed E-state index contributed by atoms with van der Waals surface area (Å²) in [4.78, 5) is 7.98. The van der Waals surface area contributed by atoms with Crippen molar-refractivity contribution < 1.29 is 22.8 Å². The zero-order valence-corrected chi connectivity index (χ0v) is 16.9. The number of halogens is 3. The molecule has 2 heterocycles. The SMILES string of the molecule is CCNC(=NCc1cc(C(C)C)no1)NCCC(O)(c1nccn1C)C(F)(F)F. The number of aromatic nitrogens is 3. The molecule has 11 heteroatoms. The van der Waals surface area contributed by atoms with Gasteiger partial charge in [-0.05, 0) is 12.8 Å². The lowest BCUT2D eigenvalue weighted by molar-refractivity contribution is -0.272. The number of aryl methyl sites for hydroxylation is 1. The number of hydrogen-bond acceptors (Lipinski definition) is 5. The average molecular weight is 416 g/mol. The van der Waals surface area contributed by atoms with Crippen LogP contribution in [0.2, 0.25) is 0 Å². The van der Waals surface area contributed by atoms with E-state index in [0.717, 1.165) is 10.3 Å². The van der Waals surface area contributed by atoms with Gasteiger partial charge in [0.05, 0.1) is 5.69 Å². The number of alkyl halides is 3. The number of rotatable bonds is 8. The number of nitrogens with zero attached hydrogens (tertiary/aromatic N) is 4. The summed E-state index contributed by atoms with van der Waals surface area (Å²) in [6, 6.07) is 1.79. The molecule has 2 rings (SSSR count). The van der Waals surface area contributed by atoms with Gasteiger partial charge in [-0.25, -0.2) is 9.98 Å². The molecule has 0 saturated heterocycles. The molecule has 0 fully saturated rings. The Bertz CT molecular complexity index is 815. The maximum Gasteiger partial charge on any atom is 0.424 e. The summed E-state index contributed by atoms with van der Waals surface area (Å²) in [6.07, 6.45) is -2.94. The van der Waals surface area contributed by atoms with Crippen LogP contribution in [0.5, 0.6) is 0 Å². The summed E-state index contributed by atoms with van der Waals surface area (Å²) in [5.41, 5.74) is -2.27. The summed E-state index contributed by atoms with van der Waals surface area (Å²) in [6.45, 7) is 6.32. The van der Waals surface area contributed by atoms with Crippen molar-refractivity contribution in [3.8, 4) is 0 Å². The fourth-order valence-electron chi connectivity index (χ4n) is 2.68. The first-order valence-corrected chi connectivity index (χ1v) is 9.33. The standard InChI is InChI=1S/C18H27F3N6O2/c1-5-22-16(25-11-13-10-14(12(2)3)26-29-13)24-7-6-17(28,18(19,20)21)15-23-8-9-27(15)4/h8-10,12,28H,5-7,11H2,1-4H3,(H2,22,24,25). The van der Waals surface area contributed by atoms with Crippen LogP contribution in [-0.2, 0) is 19.2 Å². The van der Waals surface area contributed by atoms with Crippen LogP contribution < -0.4 is 10.6 Å². The van der Waals surface area contributed by atoms with E-state index in [2.05, 4.69) is 25.8 Å². The van der Waals surface area contributed by atoms with Gasteiger partial charge in [0.2, 0.25) is 5.60 Å². The first-order valence-electron chi connectivity index (χ1n) is 9.33. The Morgan fingerprint density at radius 2 is 2.07 bits per heavy atom. The van der Waals surface area contributed by atoms with E-state index in [1.54, 1.807) is 6.07 Å². The van der Waals surface area contributed by atoms with Crippen molar-refractivity contribution in [1.29, 1.82) is 0 Å². The van der Waals surface area contributed by atoms with Gasteiger partial charge in [-0.2, -0.15) is 13.2 Å². The maximum atomic E-state index is 13.6. The Hall–Kier alpha value is -2.56. The highest BCUT2D eigenvalue weighted by atomic mass is 19.4. The molecule has 8 nitrogen and oxygen atoms in total. The van der Waals surface area contributed by atoms with Crippen molar-refractivity contribution in [2.45, 2.75) is 51.4 Å².